The topological polar surface area (TPSA) is 24.5 Å². The van der Waals surface area contributed by atoms with Gasteiger partial charge in [-0.15, -0.1) is 0 Å². The van der Waals surface area contributed by atoms with Crippen LogP contribution in [0.2, 0.25) is 0 Å². The third kappa shape index (κ3) is 1.94. The quantitative estimate of drug-likeness (QED) is 0.579. The number of thiocarbonyl (C=S) groups is 1. The first kappa shape index (κ1) is 9.21. The molecule has 2 aliphatic rings. The summed E-state index contributed by atoms with van der Waals surface area (Å²) in [5, 5.41) is 3.89. The van der Waals surface area contributed by atoms with E-state index in [1.165, 1.54) is 12.8 Å². The Balaban J connectivity index is 1.98. The molecule has 1 N–H and O–H groups in total. The second-order valence-corrected chi connectivity index (χ2v) is 4.42. The molecule has 0 aromatic heterocycles. The van der Waals surface area contributed by atoms with Gasteiger partial charge in [0.1, 0.15) is 0 Å². The predicted octanol–water partition coefficient (Wildman–Crippen LogP) is 0.603. The lowest BCUT2D eigenvalue weighted by Crippen LogP contribution is -2.41. The molecule has 1 aliphatic carbocycles. The Morgan fingerprint density at radius 1 is 1.54 bits per heavy atom. The van der Waals surface area contributed by atoms with E-state index < -0.39 is 0 Å². The molecule has 0 radical (unpaired) electrons. The van der Waals surface area contributed by atoms with Crippen molar-refractivity contribution in [3.05, 3.63) is 0 Å². The Morgan fingerprint density at radius 2 is 2.31 bits per heavy atom. The highest BCUT2D eigenvalue weighted by molar-refractivity contribution is 7.80. The third-order valence-electron chi connectivity index (χ3n) is 2.90. The van der Waals surface area contributed by atoms with Crippen LogP contribution in [0.4, 0.5) is 0 Å². The smallest absolute Gasteiger partial charge is 0.168 e. The van der Waals surface area contributed by atoms with Gasteiger partial charge in [-0.25, -0.2) is 0 Å². The van der Waals surface area contributed by atoms with Gasteiger partial charge < -0.3 is 15.0 Å². The largest absolute Gasteiger partial charge is 0.379 e. The molecule has 1 spiro atoms. The Bertz CT molecular complexity index is 216. The normalized spacial score (nSPS) is 25.5. The molecule has 4 heteroatoms. The van der Waals surface area contributed by atoms with Crippen molar-refractivity contribution in [2.75, 3.05) is 33.4 Å². The van der Waals surface area contributed by atoms with E-state index in [2.05, 4.69) is 10.2 Å². The van der Waals surface area contributed by atoms with Crippen molar-refractivity contribution in [1.29, 1.82) is 0 Å². The van der Waals surface area contributed by atoms with Gasteiger partial charge in [0.25, 0.3) is 0 Å². The van der Waals surface area contributed by atoms with Crippen LogP contribution in [0.5, 0.6) is 0 Å². The lowest BCUT2D eigenvalue weighted by Gasteiger charge is -2.25. The molecule has 0 unspecified atom stereocenters. The summed E-state index contributed by atoms with van der Waals surface area (Å²) < 4.78 is 5.57. The SMILES string of the molecule is CNC(=S)N1CCOCC2(CC2)C1. The summed E-state index contributed by atoms with van der Waals surface area (Å²) in [4.78, 5) is 2.23. The first-order chi connectivity index (χ1) is 6.26. The molecule has 0 aromatic rings. The number of ether oxygens (including phenoxy) is 1. The van der Waals surface area contributed by atoms with Crippen LogP contribution in [-0.4, -0.2) is 43.4 Å². The molecule has 0 atom stereocenters. The molecule has 3 nitrogen and oxygen atoms in total. The Kier molecular flexibility index (Phi) is 2.43. The van der Waals surface area contributed by atoms with Crippen LogP contribution in [0.1, 0.15) is 12.8 Å². The van der Waals surface area contributed by atoms with Gasteiger partial charge in [-0.05, 0) is 25.1 Å². The average Bonchev–Trinajstić information content (AvgIpc) is 2.93. The van der Waals surface area contributed by atoms with Crippen LogP contribution in [0, 0.1) is 5.41 Å². The fraction of sp³-hybridized carbons (Fsp3) is 0.889. The summed E-state index contributed by atoms with van der Waals surface area (Å²) in [6.45, 7) is 3.74. The van der Waals surface area contributed by atoms with Crippen molar-refractivity contribution in [2.24, 2.45) is 5.41 Å². The highest BCUT2D eigenvalue weighted by Gasteiger charge is 2.45. The minimum absolute atomic E-state index is 0.442. The predicted molar refractivity (Wildman–Crippen MR) is 55.7 cm³/mol. The first-order valence-corrected chi connectivity index (χ1v) is 5.21. The van der Waals surface area contributed by atoms with Crippen LogP contribution in [0.15, 0.2) is 0 Å². The highest BCUT2D eigenvalue weighted by atomic mass is 32.1. The monoisotopic (exact) mass is 200 g/mol. The van der Waals surface area contributed by atoms with Crippen molar-refractivity contribution in [3.8, 4) is 0 Å². The fourth-order valence-electron chi connectivity index (χ4n) is 1.80. The minimum atomic E-state index is 0.442. The van der Waals surface area contributed by atoms with Crippen LogP contribution in [-0.2, 0) is 4.74 Å². The van der Waals surface area contributed by atoms with Gasteiger partial charge in [0.15, 0.2) is 5.11 Å². The second kappa shape index (κ2) is 3.42. The van der Waals surface area contributed by atoms with Gasteiger partial charge >= 0.3 is 0 Å². The molecule has 2 fully saturated rings. The van der Waals surface area contributed by atoms with Crippen molar-refractivity contribution < 1.29 is 4.74 Å². The minimum Gasteiger partial charge on any atom is -0.379 e. The van der Waals surface area contributed by atoms with Crippen LogP contribution in [0.25, 0.3) is 0 Å². The summed E-state index contributed by atoms with van der Waals surface area (Å²) in [5.41, 5.74) is 0.442. The molecular weight excluding hydrogens is 184 g/mol. The maximum atomic E-state index is 5.57. The van der Waals surface area contributed by atoms with Crippen molar-refractivity contribution in [1.82, 2.24) is 10.2 Å². The molecule has 0 aromatic carbocycles. The molecule has 1 saturated carbocycles. The van der Waals surface area contributed by atoms with E-state index in [9.17, 15) is 0 Å². The Labute approximate surface area is 84.4 Å². The number of nitrogens with zero attached hydrogens (tertiary/aromatic N) is 1. The van der Waals surface area contributed by atoms with Gasteiger partial charge in [-0.3, -0.25) is 0 Å². The fourth-order valence-corrected chi connectivity index (χ4v) is 1.96. The lowest BCUT2D eigenvalue weighted by molar-refractivity contribution is 0.115. The molecule has 1 heterocycles. The van der Waals surface area contributed by atoms with E-state index >= 15 is 0 Å². The molecule has 0 amide bonds. The van der Waals surface area contributed by atoms with Crippen LogP contribution < -0.4 is 5.32 Å². The van der Waals surface area contributed by atoms with E-state index in [-0.39, 0.29) is 0 Å². The van der Waals surface area contributed by atoms with Crippen LogP contribution >= 0.6 is 12.2 Å². The van der Waals surface area contributed by atoms with Crippen molar-refractivity contribution >= 4 is 17.3 Å². The van der Waals surface area contributed by atoms with Crippen molar-refractivity contribution in [2.45, 2.75) is 12.8 Å². The van der Waals surface area contributed by atoms with E-state index in [4.69, 9.17) is 17.0 Å². The molecule has 0 bridgehead atoms. The summed E-state index contributed by atoms with van der Waals surface area (Å²) in [7, 11) is 1.88. The summed E-state index contributed by atoms with van der Waals surface area (Å²) >= 11 is 5.22. The summed E-state index contributed by atoms with van der Waals surface area (Å²) in [6, 6.07) is 0. The molecule has 2 rings (SSSR count). The lowest BCUT2D eigenvalue weighted by atomic mass is 10.1. The molecule has 1 aliphatic heterocycles. The number of hydrogen-bond donors (Lipinski definition) is 1. The van der Waals surface area contributed by atoms with Gasteiger partial charge in [-0.1, -0.05) is 0 Å². The third-order valence-corrected chi connectivity index (χ3v) is 3.36. The molecule has 74 valence electrons. The molecule has 1 saturated heterocycles. The molecular formula is C9H16N2OS. The Morgan fingerprint density at radius 3 is 2.92 bits per heavy atom. The van der Waals surface area contributed by atoms with Gasteiger partial charge in [0.05, 0.1) is 13.2 Å². The van der Waals surface area contributed by atoms with Crippen molar-refractivity contribution in [3.63, 3.8) is 0 Å². The maximum absolute atomic E-state index is 5.57. The summed E-state index contributed by atoms with van der Waals surface area (Å²) in [6.07, 6.45) is 2.60. The maximum Gasteiger partial charge on any atom is 0.168 e. The Hall–Kier alpha value is -0.350. The van der Waals surface area contributed by atoms with Gasteiger partial charge in [0, 0.05) is 25.6 Å². The second-order valence-electron chi connectivity index (χ2n) is 4.03. The zero-order valence-electron chi connectivity index (χ0n) is 8.01. The number of hydrogen-bond acceptors (Lipinski definition) is 2. The van der Waals surface area contributed by atoms with E-state index in [0.717, 1.165) is 31.4 Å². The molecule has 13 heavy (non-hydrogen) atoms. The first-order valence-electron chi connectivity index (χ1n) is 4.80. The summed E-state index contributed by atoms with van der Waals surface area (Å²) in [5.74, 6) is 0. The zero-order valence-corrected chi connectivity index (χ0v) is 8.82. The van der Waals surface area contributed by atoms with Crippen LogP contribution in [0.3, 0.4) is 0 Å². The standard InChI is InChI=1S/C9H16N2OS/c1-10-8(13)11-4-5-12-7-9(6-11)2-3-9/h2-7H2,1H3,(H,10,13). The average molecular weight is 200 g/mol. The number of rotatable bonds is 0. The van der Waals surface area contributed by atoms with E-state index in [1.54, 1.807) is 0 Å². The van der Waals surface area contributed by atoms with E-state index in [1.807, 2.05) is 7.05 Å². The highest BCUT2D eigenvalue weighted by Crippen LogP contribution is 2.47. The van der Waals surface area contributed by atoms with Gasteiger partial charge in [0.2, 0.25) is 0 Å². The zero-order chi connectivity index (χ0) is 9.31. The van der Waals surface area contributed by atoms with E-state index in [0.29, 0.717) is 5.41 Å². The number of nitrogens with one attached hydrogen (secondary N) is 1. The van der Waals surface area contributed by atoms with Gasteiger partial charge in [-0.2, -0.15) is 0 Å².